The third-order valence-corrected chi connectivity index (χ3v) is 2.79. The van der Waals surface area contributed by atoms with E-state index in [0.717, 1.165) is 11.3 Å². The van der Waals surface area contributed by atoms with Gasteiger partial charge in [0.25, 0.3) is 0 Å². The first-order valence-corrected chi connectivity index (χ1v) is 6.23. The molecule has 102 valence electrons. The lowest BCUT2D eigenvalue weighted by molar-refractivity contribution is 0.0601. The molecule has 0 aliphatic carbocycles. The van der Waals surface area contributed by atoms with Crippen LogP contribution in [0.5, 0.6) is 0 Å². The Hall–Kier alpha value is -2.62. The lowest BCUT2D eigenvalue weighted by Crippen LogP contribution is -2.00. The molecule has 4 nitrogen and oxygen atoms in total. The fourth-order valence-electron chi connectivity index (χ4n) is 1.63. The molecule has 0 bridgehead atoms. The molecule has 0 radical (unpaired) electrons. The normalized spacial score (nSPS) is 10.5. The zero-order chi connectivity index (χ0) is 14.4. The summed E-state index contributed by atoms with van der Waals surface area (Å²) in [6.07, 6.45) is 1.70. The van der Waals surface area contributed by atoms with Gasteiger partial charge in [0.1, 0.15) is 0 Å². The minimum atomic E-state index is -0.341. The predicted molar refractivity (Wildman–Crippen MR) is 80.2 cm³/mol. The van der Waals surface area contributed by atoms with Gasteiger partial charge in [0.2, 0.25) is 0 Å². The molecule has 0 aliphatic heterocycles. The van der Waals surface area contributed by atoms with Crippen LogP contribution in [-0.2, 0) is 4.74 Å². The first kappa shape index (κ1) is 13.8. The van der Waals surface area contributed by atoms with E-state index in [9.17, 15) is 4.79 Å². The molecule has 2 aromatic rings. The van der Waals surface area contributed by atoms with Gasteiger partial charge in [-0.2, -0.15) is 5.10 Å². The Morgan fingerprint density at radius 3 is 2.35 bits per heavy atom. The largest absolute Gasteiger partial charge is 0.465 e. The van der Waals surface area contributed by atoms with E-state index in [-0.39, 0.29) is 5.97 Å². The number of nitrogens with one attached hydrogen (secondary N) is 1. The Morgan fingerprint density at radius 2 is 1.75 bits per heavy atom. The molecule has 20 heavy (non-hydrogen) atoms. The van der Waals surface area contributed by atoms with E-state index in [0.29, 0.717) is 5.56 Å². The molecule has 0 fully saturated rings. The molecule has 0 saturated carbocycles. The third kappa shape index (κ3) is 3.68. The molecule has 2 rings (SSSR count). The molecule has 2 aromatic carbocycles. The van der Waals surface area contributed by atoms with Crippen LogP contribution in [0.3, 0.4) is 0 Å². The quantitative estimate of drug-likeness (QED) is 0.526. The Bertz CT molecular complexity index is 601. The number of nitrogens with zero attached hydrogens (tertiary/aromatic N) is 1. The Balaban J connectivity index is 1.97. The summed E-state index contributed by atoms with van der Waals surface area (Å²) in [6, 6.07) is 15.0. The zero-order valence-corrected chi connectivity index (χ0v) is 11.5. The molecular formula is C16H16N2O2. The summed E-state index contributed by atoms with van der Waals surface area (Å²) in [5, 5.41) is 4.15. The summed E-state index contributed by atoms with van der Waals surface area (Å²) in [7, 11) is 1.36. The fraction of sp³-hybridized carbons (Fsp3) is 0.125. The van der Waals surface area contributed by atoms with Crippen molar-refractivity contribution in [1.29, 1.82) is 0 Å². The lowest BCUT2D eigenvalue weighted by atomic mass is 10.1. The van der Waals surface area contributed by atoms with Crippen LogP contribution in [0.4, 0.5) is 5.69 Å². The molecule has 0 unspecified atom stereocenters. The van der Waals surface area contributed by atoms with E-state index in [4.69, 9.17) is 0 Å². The number of carbonyl (C=O) groups excluding carboxylic acids is 1. The van der Waals surface area contributed by atoms with Gasteiger partial charge < -0.3 is 4.74 Å². The highest BCUT2D eigenvalue weighted by Crippen LogP contribution is 2.08. The second-order valence-electron chi connectivity index (χ2n) is 4.35. The highest BCUT2D eigenvalue weighted by atomic mass is 16.5. The number of benzene rings is 2. The Labute approximate surface area is 118 Å². The van der Waals surface area contributed by atoms with Crippen LogP contribution in [0.2, 0.25) is 0 Å². The topological polar surface area (TPSA) is 50.7 Å². The van der Waals surface area contributed by atoms with Crippen LogP contribution in [0.15, 0.2) is 53.6 Å². The molecule has 0 atom stereocenters. The molecule has 0 aromatic heterocycles. The van der Waals surface area contributed by atoms with Gasteiger partial charge in [0.05, 0.1) is 24.6 Å². The van der Waals surface area contributed by atoms with E-state index in [2.05, 4.69) is 15.3 Å². The minimum absolute atomic E-state index is 0.341. The van der Waals surface area contributed by atoms with Crippen molar-refractivity contribution in [3.05, 3.63) is 65.2 Å². The van der Waals surface area contributed by atoms with Crippen molar-refractivity contribution in [2.24, 2.45) is 5.10 Å². The number of anilines is 1. The maximum absolute atomic E-state index is 11.3. The van der Waals surface area contributed by atoms with E-state index >= 15 is 0 Å². The third-order valence-electron chi connectivity index (χ3n) is 2.79. The first-order chi connectivity index (χ1) is 9.69. The van der Waals surface area contributed by atoms with Gasteiger partial charge in [-0.1, -0.05) is 29.8 Å². The highest BCUT2D eigenvalue weighted by molar-refractivity contribution is 5.90. The van der Waals surface area contributed by atoms with Crippen molar-refractivity contribution in [1.82, 2.24) is 0 Å². The number of rotatable bonds is 4. The van der Waals surface area contributed by atoms with Gasteiger partial charge in [-0.15, -0.1) is 0 Å². The van der Waals surface area contributed by atoms with Crippen molar-refractivity contribution >= 4 is 17.9 Å². The maximum atomic E-state index is 11.3. The predicted octanol–water partition coefficient (Wildman–Crippen LogP) is 3.23. The van der Waals surface area contributed by atoms with Gasteiger partial charge in [0.15, 0.2) is 0 Å². The van der Waals surface area contributed by atoms with Crippen molar-refractivity contribution in [3.63, 3.8) is 0 Å². The summed E-state index contributed by atoms with van der Waals surface area (Å²) >= 11 is 0. The second-order valence-corrected chi connectivity index (χ2v) is 4.35. The number of ether oxygens (including phenoxy) is 1. The van der Waals surface area contributed by atoms with Crippen LogP contribution in [-0.4, -0.2) is 19.3 Å². The molecule has 0 heterocycles. The fourth-order valence-corrected chi connectivity index (χ4v) is 1.63. The van der Waals surface area contributed by atoms with Gasteiger partial charge >= 0.3 is 5.97 Å². The van der Waals surface area contributed by atoms with Crippen LogP contribution in [0.25, 0.3) is 0 Å². The molecule has 0 aliphatic rings. The van der Waals surface area contributed by atoms with E-state index in [1.54, 1.807) is 18.3 Å². The van der Waals surface area contributed by atoms with Crippen LogP contribution >= 0.6 is 0 Å². The number of hydrogen-bond donors (Lipinski definition) is 1. The minimum Gasteiger partial charge on any atom is -0.465 e. The summed E-state index contributed by atoms with van der Waals surface area (Å²) in [4.78, 5) is 11.3. The first-order valence-electron chi connectivity index (χ1n) is 6.23. The molecule has 4 heteroatoms. The summed E-state index contributed by atoms with van der Waals surface area (Å²) in [5.41, 5.74) is 6.51. The Morgan fingerprint density at radius 1 is 1.10 bits per heavy atom. The number of hydrogen-bond acceptors (Lipinski definition) is 4. The standard InChI is InChI=1S/C16H16N2O2/c1-12-3-9-15(10-4-12)18-17-11-13-5-7-14(8-6-13)16(19)20-2/h3-11,18H,1-2H3. The zero-order valence-electron chi connectivity index (χ0n) is 11.5. The highest BCUT2D eigenvalue weighted by Gasteiger charge is 2.03. The average Bonchev–Trinajstić information content (AvgIpc) is 2.49. The van der Waals surface area contributed by atoms with E-state index < -0.39 is 0 Å². The maximum Gasteiger partial charge on any atom is 0.337 e. The van der Waals surface area contributed by atoms with Gasteiger partial charge in [-0.3, -0.25) is 5.43 Å². The number of aryl methyl sites for hydroxylation is 1. The van der Waals surface area contributed by atoms with E-state index in [1.807, 2.05) is 43.3 Å². The monoisotopic (exact) mass is 268 g/mol. The van der Waals surface area contributed by atoms with Crippen molar-refractivity contribution in [2.45, 2.75) is 6.92 Å². The molecule has 0 amide bonds. The second kappa shape index (κ2) is 6.52. The van der Waals surface area contributed by atoms with E-state index in [1.165, 1.54) is 12.7 Å². The van der Waals surface area contributed by atoms with Gasteiger partial charge in [-0.25, -0.2) is 4.79 Å². The van der Waals surface area contributed by atoms with Crippen LogP contribution in [0, 0.1) is 6.92 Å². The summed E-state index contributed by atoms with van der Waals surface area (Å²) in [6.45, 7) is 2.04. The molecule has 0 saturated heterocycles. The number of carbonyl (C=O) groups is 1. The number of methoxy groups -OCH3 is 1. The molecular weight excluding hydrogens is 252 g/mol. The lowest BCUT2D eigenvalue weighted by Gasteiger charge is -2.01. The number of hydrazone groups is 1. The average molecular weight is 268 g/mol. The summed E-state index contributed by atoms with van der Waals surface area (Å²) < 4.78 is 4.64. The van der Waals surface area contributed by atoms with Gasteiger partial charge in [-0.05, 0) is 36.8 Å². The van der Waals surface area contributed by atoms with Crippen molar-refractivity contribution in [2.75, 3.05) is 12.5 Å². The van der Waals surface area contributed by atoms with Gasteiger partial charge in [0, 0.05) is 0 Å². The number of esters is 1. The molecule has 1 N–H and O–H groups in total. The van der Waals surface area contributed by atoms with Crippen molar-refractivity contribution in [3.8, 4) is 0 Å². The Kier molecular flexibility index (Phi) is 4.50. The van der Waals surface area contributed by atoms with Crippen LogP contribution in [0.1, 0.15) is 21.5 Å². The molecule has 0 spiro atoms. The van der Waals surface area contributed by atoms with Crippen LogP contribution < -0.4 is 5.43 Å². The summed E-state index contributed by atoms with van der Waals surface area (Å²) in [5.74, 6) is -0.341. The smallest absolute Gasteiger partial charge is 0.337 e. The van der Waals surface area contributed by atoms with Crippen molar-refractivity contribution < 1.29 is 9.53 Å². The SMILES string of the molecule is COC(=O)c1ccc(C=NNc2ccc(C)cc2)cc1.